The van der Waals surface area contributed by atoms with Crippen molar-refractivity contribution in [3.8, 4) is 17.5 Å². The molecule has 0 saturated carbocycles. The summed E-state index contributed by atoms with van der Waals surface area (Å²) in [5.41, 5.74) is 3.49. The molecule has 0 radical (unpaired) electrons. The second-order valence-electron chi connectivity index (χ2n) is 3.81. The largest absolute Gasteiger partial charge is 0.353 e. The van der Waals surface area contributed by atoms with Gasteiger partial charge in [-0.2, -0.15) is 5.26 Å². The first kappa shape index (κ1) is 9.61. The van der Waals surface area contributed by atoms with Gasteiger partial charge in [-0.15, -0.1) is 0 Å². The fourth-order valence-corrected chi connectivity index (χ4v) is 1.86. The molecule has 0 saturated heterocycles. The Labute approximate surface area is 98.4 Å². The lowest BCUT2D eigenvalue weighted by atomic mass is 10.2. The Morgan fingerprint density at radius 3 is 2.82 bits per heavy atom. The first-order valence-corrected chi connectivity index (χ1v) is 5.31. The van der Waals surface area contributed by atoms with E-state index in [0.717, 1.165) is 22.3 Å². The van der Waals surface area contributed by atoms with Gasteiger partial charge in [-0.3, -0.25) is 4.98 Å². The molecule has 0 unspecified atom stereocenters. The van der Waals surface area contributed by atoms with Crippen molar-refractivity contribution in [1.29, 1.82) is 5.26 Å². The Kier molecular flexibility index (Phi) is 2.13. The minimum atomic E-state index is 0.659. The molecule has 3 rings (SSSR count). The maximum Gasteiger partial charge on any atom is 0.0992 e. The van der Waals surface area contributed by atoms with Crippen molar-refractivity contribution in [3.05, 3.63) is 54.2 Å². The molecule has 3 heteroatoms. The SMILES string of the molecule is N#Cc1ccc2cc(-c3ccccn3)[nH]c2c1. The molecule has 2 aromatic heterocycles. The number of benzene rings is 1. The lowest BCUT2D eigenvalue weighted by molar-refractivity contribution is 1.29. The fraction of sp³-hybridized carbons (Fsp3) is 0. The van der Waals surface area contributed by atoms with Gasteiger partial charge in [0.15, 0.2) is 0 Å². The number of pyridine rings is 1. The molecule has 2 heterocycles. The van der Waals surface area contributed by atoms with Gasteiger partial charge in [0.25, 0.3) is 0 Å². The number of nitrogens with one attached hydrogen (secondary N) is 1. The molecule has 80 valence electrons. The van der Waals surface area contributed by atoms with E-state index in [2.05, 4.69) is 16.0 Å². The van der Waals surface area contributed by atoms with Crippen molar-refractivity contribution in [2.75, 3.05) is 0 Å². The molecule has 3 aromatic rings. The van der Waals surface area contributed by atoms with Crippen LogP contribution in [0.25, 0.3) is 22.3 Å². The number of hydrogen-bond acceptors (Lipinski definition) is 2. The molecule has 1 aromatic carbocycles. The van der Waals surface area contributed by atoms with E-state index in [0.29, 0.717) is 5.56 Å². The summed E-state index contributed by atoms with van der Waals surface area (Å²) in [5, 5.41) is 9.93. The van der Waals surface area contributed by atoms with E-state index in [9.17, 15) is 0 Å². The number of H-pyrrole nitrogens is 1. The van der Waals surface area contributed by atoms with Crippen molar-refractivity contribution >= 4 is 10.9 Å². The van der Waals surface area contributed by atoms with Crippen LogP contribution in [0.4, 0.5) is 0 Å². The monoisotopic (exact) mass is 219 g/mol. The van der Waals surface area contributed by atoms with Crippen LogP contribution >= 0.6 is 0 Å². The Balaban J connectivity index is 2.18. The number of rotatable bonds is 1. The smallest absolute Gasteiger partial charge is 0.0992 e. The Bertz CT molecular complexity index is 705. The molecular formula is C14H9N3. The molecule has 0 aliphatic rings. The fourth-order valence-electron chi connectivity index (χ4n) is 1.86. The van der Waals surface area contributed by atoms with Crippen molar-refractivity contribution in [1.82, 2.24) is 9.97 Å². The minimum absolute atomic E-state index is 0.659. The van der Waals surface area contributed by atoms with Gasteiger partial charge in [-0.25, -0.2) is 0 Å². The van der Waals surface area contributed by atoms with Crippen LogP contribution in [0.5, 0.6) is 0 Å². The third-order valence-electron chi connectivity index (χ3n) is 2.69. The molecule has 0 amide bonds. The highest BCUT2D eigenvalue weighted by atomic mass is 14.8. The molecule has 0 aliphatic heterocycles. The van der Waals surface area contributed by atoms with Crippen LogP contribution in [0.1, 0.15) is 5.56 Å². The Morgan fingerprint density at radius 2 is 2.06 bits per heavy atom. The van der Waals surface area contributed by atoms with Crippen LogP contribution < -0.4 is 0 Å². The summed E-state index contributed by atoms with van der Waals surface area (Å²) in [6.07, 6.45) is 1.77. The summed E-state index contributed by atoms with van der Waals surface area (Å²) in [6.45, 7) is 0. The lowest BCUT2D eigenvalue weighted by Crippen LogP contribution is -1.80. The predicted molar refractivity (Wildman–Crippen MR) is 66.2 cm³/mol. The van der Waals surface area contributed by atoms with Crippen molar-refractivity contribution in [3.63, 3.8) is 0 Å². The highest BCUT2D eigenvalue weighted by Gasteiger charge is 2.04. The molecule has 3 nitrogen and oxygen atoms in total. The van der Waals surface area contributed by atoms with E-state index in [1.54, 1.807) is 6.20 Å². The van der Waals surface area contributed by atoms with Gasteiger partial charge in [0, 0.05) is 17.1 Å². The number of aromatic amines is 1. The van der Waals surface area contributed by atoms with Crippen LogP contribution in [0.15, 0.2) is 48.7 Å². The summed E-state index contributed by atoms with van der Waals surface area (Å²) in [7, 11) is 0. The molecule has 0 fully saturated rings. The van der Waals surface area contributed by atoms with E-state index < -0.39 is 0 Å². The van der Waals surface area contributed by atoms with E-state index in [4.69, 9.17) is 5.26 Å². The van der Waals surface area contributed by atoms with Gasteiger partial charge in [-0.05, 0) is 30.3 Å². The second-order valence-corrected chi connectivity index (χ2v) is 3.81. The summed E-state index contributed by atoms with van der Waals surface area (Å²) in [5.74, 6) is 0. The molecular weight excluding hydrogens is 210 g/mol. The van der Waals surface area contributed by atoms with Gasteiger partial charge < -0.3 is 4.98 Å². The number of aromatic nitrogens is 2. The van der Waals surface area contributed by atoms with Crippen molar-refractivity contribution in [2.45, 2.75) is 0 Å². The number of fused-ring (bicyclic) bond motifs is 1. The summed E-state index contributed by atoms with van der Waals surface area (Å²) >= 11 is 0. The Morgan fingerprint density at radius 1 is 1.12 bits per heavy atom. The maximum absolute atomic E-state index is 8.84. The first-order chi connectivity index (χ1) is 8.36. The van der Waals surface area contributed by atoms with Crippen LogP contribution in [0.3, 0.4) is 0 Å². The van der Waals surface area contributed by atoms with Crippen molar-refractivity contribution < 1.29 is 0 Å². The van der Waals surface area contributed by atoms with Crippen LogP contribution in [0.2, 0.25) is 0 Å². The summed E-state index contributed by atoms with van der Waals surface area (Å²) in [4.78, 5) is 7.56. The van der Waals surface area contributed by atoms with Gasteiger partial charge in [0.2, 0.25) is 0 Å². The standard InChI is InChI=1S/C14H9N3/c15-9-10-4-5-11-8-14(17-13(11)7-10)12-3-1-2-6-16-12/h1-8,17H. The van der Waals surface area contributed by atoms with Gasteiger partial charge in [0.05, 0.1) is 23.0 Å². The van der Waals surface area contributed by atoms with Gasteiger partial charge in [-0.1, -0.05) is 12.1 Å². The average Bonchev–Trinajstić information content (AvgIpc) is 2.82. The normalized spacial score (nSPS) is 10.3. The molecule has 17 heavy (non-hydrogen) atoms. The zero-order chi connectivity index (χ0) is 11.7. The topological polar surface area (TPSA) is 52.5 Å². The Hall–Kier alpha value is -2.60. The predicted octanol–water partition coefficient (Wildman–Crippen LogP) is 3.10. The van der Waals surface area contributed by atoms with E-state index in [1.165, 1.54) is 0 Å². The lowest BCUT2D eigenvalue weighted by Gasteiger charge is -1.94. The van der Waals surface area contributed by atoms with Gasteiger partial charge >= 0.3 is 0 Å². The molecule has 1 N–H and O–H groups in total. The highest BCUT2D eigenvalue weighted by Crippen LogP contribution is 2.23. The summed E-state index contributed by atoms with van der Waals surface area (Å²) < 4.78 is 0. The third kappa shape index (κ3) is 1.66. The van der Waals surface area contributed by atoms with Crippen molar-refractivity contribution in [2.24, 2.45) is 0 Å². The van der Waals surface area contributed by atoms with Gasteiger partial charge in [0.1, 0.15) is 0 Å². The van der Waals surface area contributed by atoms with Crippen LogP contribution in [-0.4, -0.2) is 9.97 Å². The van der Waals surface area contributed by atoms with Crippen LogP contribution in [-0.2, 0) is 0 Å². The number of hydrogen-bond donors (Lipinski definition) is 1. The molecule has 0 bridgehead atoms. The maximum atomic E-state index is 8.84. The minimum Gasteiger partial charge on any atom is -0.353 e. The third-order valence-corrected chi connectivity index (χ3v) is 2.69. The second kappa shape index (κ2) is 3.76. The highest BCUT2D eigenvalue weighted by molar-refractivity contribution is 5.86. The first-order valence-electron chi connectivity index (χ1n) is 5.31. The van der Waals surface area contributed by atoms with Crippen LogP contribution in [0, 0.1) is 11.3 Å². The summed E-state index contributed by atoms with van der Waals surface area (Å²) in [6, 6.07) is 15.6. The molecule has 0 spiro atoms. The quantitative estimate of drug-likeness (QED) is 0.683. The number of nitriles is 1. The average molecular weight is 219 g/mol. The zero-order valence-corrected chi connectivity index (χ0v) is 9.01. The zero-order valence-electron chi connectivity index (χ0n) is 9.01. The van der Waals surface area contributed by atoms with E-state index in [1.807, 2.05) is 42.5 Å². The number of nitrogens with zero attached hydrogens (tertiary/aromatic N) is 2. The van der Waals surface area contributed by atoms with E-state index >= 15 is 0 Å². The van der Waals surface area contributed by atoms with E-state index in [-0.39, 0.29) is 0 Å². The molecule has 0 atom stereocenters. The molecule has 0 aliphatic carbocycles.